The molecule has 0 aliphatic carbocycles. The fourth-order valence-corrected chi connectivity index (χ4v) is 4.66. The van der Waals surface area contributed by atoms with Crippen molar-refractivity contribution in [1.82, 2.24) is 9.88 Å². The summed E-state index contributed by atoms with van der Waals surface area (Å²) in [5, 5.41) is 1.04. The standard InChI is InChI=1S/C26H31N3O3/c1-14-12-20(24(27)30)23-22(15(2)16(3)28-23)21(14)19-9-7-8-17-13-29(11-10-18(17)19)25(31)32-26(4,5)6/h7-9,12,28H,10-11,13H2,1-6H3,(H2,27,30). The third kappa shape index (κ3) is 3.74. The number of ether oxygens (including phenoxy) is 1. The number of primary amides is 1. The van der Waals surface area contributed by atoms with Crippen LogP contribution in [0.2, 0.25) is 0 Å². The second kappa shape index (κ2) is 7.69. The molecule has 0 fully saturated rings. The van der Waals surface area contributed by atoms with E-state index < -0.39 is 11.5 Å². The van der Waals surface area contributed by atoms with Gasteiger partial charge in [-0.15, -0.1) is 0 Å². The summed E-state index contributed by atoms with van der Waals surface area (Å²) in [4.78, 5) is 29.9. The minimum absolute atomic E-state index is 0.282. The van der Waals surface area contributed by atoms with Crippen LogP contribution in [0.25, 0.3) is 22.0 Å². The maximum atomic E-state index is 12.6. The van der Waals surface area contributed by atoms with Crippen molar-refractivity contribution >= 4 is 22.9 Å². The lowest BCUT2D eigenvalue weighted by molar-refractivity contribution is 0.0224. The number of carbonyl (C=O) groups is 2. The molecule has 2 aromatic carbocycles. The van der Waals surface area contributed by atoms with E-state index in [1.165, 1.54) is 5.56 Å². The normalized spacial score (nSPS) is 13.9. The number of carbonyl (C=O) groups excluding carboxylic acids is 2. The van der Waals surface area contributed by atoms with E-state index in [9.17, 15) is 9.59 Å². The second-order valence-electron chi connectivity index (χ2n) is 9.70. The predicted molar refractivity (Wildman–Crippen MR) is 127 cm³/mol. The Morgan fingerprint density at radius 3 is 2.53 bits per heavy atom. The molecule has 0 atom stereocenters. The van der Waals surface area contributed by atoms with Crippen LogP contribution in [-0.2, 0) is 17.7 Å². The van der Waals surface area contributed by atoms with Gasteiger partial charge in [-0.1, -0.05) is 18.2 Å². The summed E-state index contributed by atoms with van der Waals surface area (Å²) < 4.78 is 5.58. The first kappa shape index (κ1) is 21.9. The highest BCUT2D eigenvalue weighted by atomic mass is 16.6. The van der Waals surface area contributed by atoms with Gasteiger partial charge in [0.15, 0.2) is 0 Å². The van der Waals surface area contributed by atoms with Gasteiger partial charge in [0.2, 0.25) is 0 Å². The van der Waals surface area contributed by atoms with Gasteiger partial charge in [0.25, 0.3) is 5.91 Å². The summed E-state index contributed by atoms with van der Waals surface area (Å²) >= 11 is 0. The van der Waals surface area contributed by atoms with Crippen LogP contribution in [0.1, 0.15) is 59.1 Å². The monoisotopic (exact) mass is 433 g/mol. The van der Waals surface area contributed by atoms with E-state index in [-0.39, 0.29) is 6.09 Å². The fourth-order valence-electron chi connectivity index (χ4n) is 4.66. The largest absolute Gasteiger partial charge is 0.444 e. The summed E-state index contributed by atoms with van der Waals surface area (Å²) in [6, 6.07) is 8.13. The summed E-state index contributed by atoms with van der Waals surface area (Å²) in [5.74, 6) is -0.436. The molecule has 0 saturated carbocycles. The van der Waals surface area contributed by atoms with Crippen LogP contribution in [0.15, 0.2) is 24.3 Å². The van der Waals surface area contributed by atoms with Crippen molar-refractivity contribution in [2.45, 2.75) is 60.1 Å². The molecule has 4 rings (SSSR count). The number of fused-ring (bicyclic) bond motifs is 2. The average molecular weight is 434 g/mol. The van der Waals surface area contributed by atoms with E-state index in [1.54, 1.807) is 4.90 Å². The van der Waals surface area contributed by atoms with E-state index in [4.69, 9.17) is 10.5 Å². The van der Waals surface area contributed by atoms with Gasteiger partial charge in [0, 0.05) is 24.2 Å². The number of hydrogen-bond donors (Lipinski definition) is 2. The van der Waals surface area contributed by atoms with E-state index in [2.05, 4.69) is 24.0 Å². The van der Waals surface area contributed by atoms with Crippen molar-refractivity contribution in [2.75, 3.05) is 6.54 Å². The molecule has 0 bridgehead atoms. The number of aromatic nitrogens is 1. The summed E-state index contributed by atoms with van der Waals surface area (Å²) in [5.41, 5.74) is 14.2. The Hall–Kier alpha value is -3.28. The molecule has 0 saturated heterocycles. The topological polar surface area (TPSA) is 88.4 Å². The number of benzene rings is 2. The van der Waals surface area contributed by atoms with Crippen LogP contribution < -0.4 is 5.73 Å². The van der Waals surface area contributed by atoms with Gasteiger partial charge >= 0.3 is 6.09 Å². The lowest BCUT2D eigenvalue weighted by atomic mass is 9.85. The maximum Gasteiger partial charge on any atom is 0.410 e. The van der Waals surface area contributed by atoms with E-state index >= 15 is 0 Å². The maximum absolute atomic E-state index is 12.6. The predicted octanol–water partition coefficient (Wildman–Crippen LogP) is 5.15. The van der Waals surface area contributed by atoms with Gasteiger partial charge < -0.3 is 20.4 Å². The molecule has 3 N–H and O–H groups in total. The van der Waals surface area contributed by atoms with Crippen LogP contribution in [0.5, 0.6) is 0 Å². The molecule has 32 heavy (non-hydrogen) atoms. The highest BCUT2D eigenvalue weighted by molar-refractivity contribution is 6.11. The number of nitrogens with zero attached hydrogens (tertiary/aromatic N) is 1. The Bertz CT molecular complexity index is 1250. The molecular weight excluding hydrogens is 402 g/mol. The Kier molecular flexibility index (Phi) is 5.27. The molecule has 1 aromatic heterocycles. The van der Waals surface area contributed by atoms with Crippen LogP contribution in [0.4, 0.5) is 4.79 Å². The number of nitrogens with two attached hydrogens (primary N) is 1. The zero-order chi connectivity index (χ0) is 23.4. The molecule has 168 valence electrons. The van der Waals surface area contributed by atoms with E-state index in [0.717, 1.165) is 50.8 Å². The second-order valence-corrected chi connectivity index (χ2v) is 9.70. The van der Waals surface area contributed by atoms with E-state index in [0.29, 0.717) is 18.7 Å². The van der Waals surface area contributed by atoms with Gasteiger partial charge in [0.1, 0.15) is 5.60 Å². The Labute approximate surface area is 188 Å². The number of hydrogen-bond acceptors (Lipinski definition) is 3. The fraction of sp³-hybridized carbons (Fsp3) is 0.385. The van der Waals surface area contributed by atoms with Crippen molar-refractivity contribution < 1.29 is 14.3 Å². The summed E-state index contributed by atoms with van der Waals surface area (Å²) in [6.07, 6.45) is 0.459. The zero-order valence-corrected chi connectivity index (χ0v) is 19.7. The van der Waals surface area contributed by atoms with Crippen LogP contribution in [-0.4, -0.2) is 34.0 Å². The zero-order valence-electron chi connectivity index (χ0n) is 19.7. The average Bonchev–Trinajstić information content (AvgIpc) is 3.00. The van der Waals surface area contributed by atoms with Crippen molar-refractivity contribution in [2.24, 2.45) is 5.73 Å². The number of rotatable bonds is 2. The molecule has 6 heteroatoms. The van der Waals surface area contributed by atoms with Crippen molar-refractivity contribution in [3.63, 3.8) is 0 Å². The smallest absolute Gasteiger partial charge is 0.410 e. The Morgan fingerprint density at radius 1 is 1.16 bits per heavy atom. The van der Waals surface area contributed by atoms with E-state index in [1.807, 2.05) is 46.8 Å². The Balaban J connectivity index is 1.84. The van der Waals surface area contributed by atoms with Gasteiger partial charge in [-0.2, -0.15) is 0 Å². The highest BCUT2D eigenvalue weighted by Gasteiger charge is 2.28. The summed E-state index contributed by atoms with van der Waals surface area (Å²) in [6.45, 7) is 12.9. The first-order valence-corrected chi connectivity index (χ1v) is 11.0. The molecule has 1 aliphatic heterocycles. The minimum atomic E-state index is -0.520. The van der Waals surface area contributed by atoms with Gasteiger partial charge in [-0.3, -0.25) is 4.79 Å². The number of aromatic amines is 1. The van der Waals surface area contributed by atoms with Gasteiger partial charge in [0.05, 0.1) is 11.1 Å². The molecule has 0 unspecified atom stereocenters. The number of nitrogens with one attached hydrogen (secondary N) is 1. The first-order chi connectivity index (χ1) is 15.0. The highest BCUT2D eigenvalue weighted by Crippen LogP contribution is 2.40. The SMILES string of the molecule is Cc1cc(C(N)=O)c2[nH]c(C)c(C)c2c1-c1cccc2c1CCN(C(=O)OC(C)(C)C)C2. The Morgan fingerprint density at radius 2 is 1.88 bits per heavy atom. The lowest BCUT2D eigenvalue weighted by Crippen LogP contribution is -2.40. The molecule has 6 nitrogen and oxygen atoms in total. The number of H-pyrrole nitrogens is 1. The number of aryl methyl sites for hydroxylation is 3. The van der Waals surface area contributed by atoms with Crippen molar-refractivity contribution in [3.05, 3.63) is 57.8 Å². The first-order valence-electron chi connectivity index (χ1n) is 11.0. The van der Waals surface area contributed by atoms with Crippen LogP contribution >= 0.6 is 0 Å². The molecule has 2 heterocycles. The van der Waals surface area contributed by atoms with Gasteiger partial charge in [-0.05, 0) is 87.4 Å². The lowest BCUT2D eigenvalue weighted by Gasteiger charge is -2.32. The number of amides is 2. The van der Waals surface area contributed by atoms with Crippen LogP contribution in [0, 0.1) is 20.8 Å². The summed E-state index contributed by atoms with van der Waals surface area (Å²) in [7, 11) is 0. The van der Waals surface area contributed by atoms with Gasteiger partial charge in [-0.25, -0.2) is 4.79 Å². The molecule has 3 aromatic rings. The molecular formula is C26H31N3O3. The molecule has 2 amide bonds. The quantitative estimate of drug-likeness (QED) is 0.586. The third-order valence-electron chi connectivity index (χ3n) is 6.23. The van der Waals surface area contributed by atoms with Crippen molar-refractivity contribution in [1.29, 1.82) is 0 Å². The minimum Gasteiger partial charge on any atom is -0.444 e. The third-order valence-corrected chi connectivity index (χ3v) is 6.23. The van der Waals surface area contributed by atoms with Crippen LogP contribution in [0.3, 0.4) is 0 Å². The molecule has 0 spiro atoms. The van der Waals surface area contributed by atoms with Crippen molar-refractivity contribution in [3.8, 4) is 11.1 Å². The molecule has 1 aliphatic rings. The molecule has 0 radical (unpaired) electrons.